The van der Waals surface area contributed by atoms with Gasteiger partial charge in [-0.1, -0.05) is 29.4 Å². The smallest absolute Gasteiger partial charge is 0.248 e. The Labute approximate surface area is 171 Å². The van der Waals surface area contributed by atoms with Crippen LogP contribution in [0.4, 0.5) is 0 Å². The molecule has 2 aromatic rings. The van der Waals surface area contributed by atoms with E-state index >= 15 is 0 Å². The second-order valence-corrected chi connectivity index (χ2v) is 9.75. The molecule has 1 saturated heterocycles. The van der Waals surface area contributed by atoms with E-state index in [9.17, 15) is 13.2 Å². The Kier molecular flexibility index (Phi) is 5.48. The van der Waals surface area contributed by atoms with E-state index in [1.165, 1.54) is 9.87 Å². The summed E-state index contributed by atoms with van der Waals surface area (Å²) in [5, 5.41) is 3.78. The van der Waals surface area contributed by atoms with Gasteiger partial charge in [-0.3, -0.25) is 4.79 Å². The maximum atomic E-state index is 13.3. The minimum atomic E-state index is -3.69. The number of fused-ring (bicyclic) bond motifs is 1. The van der Waals surface area contributed by atoms with Crippen molar-refractivity contribution in [3.8, 4) is 0 Å². The molecular weight excluding hydrogens is 390 g/mol. The first-order valence-electron chi connectivity index (χ1n) is 10.2. The highest BCUT2D eigenvalue weighted by atomic mass is 32.2. The van der Waals surface area contributed by atoms with Gasteiger partial charge in [0, 0.05) is 26.2 Å². The van der Waals surface area contributed by atoms with E-state index in [4.69, 9.17) is 4.52 Å². The van der Waals surface area contributed by atoms with E-state index in [1.807, 2.05) is 17.0 Å². The number of amides is 1. The lowest BCUT2D eigenvalue weighted by Gasteiger charge is -2.30. The normalized spacial score (nSPS) is 20.9. The van der Waals surface area contributed by atoms with E-state index in [1.54, 1.807) is 13.8 Å². The molecule has 7 nitrogen and oxygen atoms in total. The zero-order chi connectivity index (χ0) is 20.6. The fourth-order valence-corrected chi connectivity index (χ4v) is 6.32. The molecule has 2 heterocycles. The molecule has 4 rings (SSSR count). The zero-order valence-corrected chi connectivity index (χ0v) is 17.7. The lowest BCUT2D eigenvalue weighted by atomic mass is 9.82. The zero-order valence-electron chi connectivity index (χ0n) is 16.9. The van der Waals surface area contributed by atoms with Crippen molar-refractivity contribution in [2.75, 3.05) is 26.2 Å². The molecule has 1 fully saturated rings. The van der Waals surface area contributed by atoms with Gasteiger partial charge in [0.1, 0.15) is 10.6 Å². The third-order valence-electron chi connectivity index (χ3n) is 6.00. The average molecular weight is 418 g/mol. The largest absolute Gasteiger partial charge is 0.360 e. The Bertz CT molecular complexity index is 995. The number of aryl methyl sites for hydroxylation is 3. The third-order valence-corrected chi connectivity index (χ3v) is 8.14. The highest BCUT2D eigenvalue weighted by molar-refractivity contribution is 7.89. The van der Waals surface area contributed by atoms with Gasteiger partial charge < -0.3 is 9.42 Å². The fourth-order valence-electron chi connectivity index (χ4n) is 4.56. The molecule has 29 heavy (non-hydrogen) atoms. The summed E-state index contributed by atoms with van der Waals surface area (Å²) in [4.78, 5) is 15.3. The van der Waals surface area contributed by atoms with Crippen LogP contribution in [0, 0.1) is 13.8 Å². The third kappa shape index (κ3) is 3.71. The van der Waals surface area contributed by atoms with Crippen LogP contribution in [-0.2, 0) is 21.2 Å². The van der Waals surface area contributed by atoms with Crippen LogP contribution in [0.25, 0.3) is 0 Å². The van der Waals surface area contributed by atoms with Gasteiger partial charge in [0.15, 0.2) is 5.76 Å². The number of hydrogen-bond acceptors (Lipinski definition) is 5. The minimum absolute atomic E-state index is 0.119. The molecule has 1 aliphatic carbocycles. The standard InChI is InChI=1S/C21H27N3O4S/c1-15-20(16(2)28-22-15)29(26,27)24-12-6-11-23(13-14-24)21(25)19-10-5-8-17-7-3-4-9-18(17)19/h3-4,7,9,19H,5-6,8,10-14H2,1-2H3. The van der Waals surface area contributed by atoms with Crippen LogP contribution in [-0.4, -0.2) is 54.9 Å². The molecule has 1 aromatic heterocycles. The van der Waals surface area contributed by atoms with E-state index in [2.05, 4.69) is 17.3 Å². The van der Waals surface area contributed by atoms with Crippen molar-refractivity contribution >= 4 is 15.9 Å². The Hall–Kier alpha value is -2.19. The second-order valence-electron chi connectivity index (χ2n) is 7.88. The summed E-state index contributed by atoms with van der Waals surface area (Å²) in [7, 11) is -3.69. The lowest BCUT2D eigenvalue weighted by Crippen LogP contribution is -2.40. The number of benzene rings is 1. The van der Waals surface area contributed by atoms with Gasteiger partial charge in [0.05, 0.1) is 5.92 Å². The number of nitrogens with zero attached hydrogens (tertiary/aromatic N) is 3. The maximum absolute atomic E-state index is 13.3. The number of sulfonamides is 1. The van der Waals surface area contributed by atoms with E-state index < -0.39 is 10.0 Å². The molecule has 1 amide bonds. The Morgan fingerprint density at radius 1 is 1.10 bits per heavy atom. The van der Waals surface area contributed by atoms with Crippen LogP contribution in [0.1, 0.15) is 47.8 Å². The van der Waals surface area contributed by atoms with Gasteiger partial charge in [-0.25, -0.2) is 8.42 Å². The molecule has 1 unspecified atom stereocenters. The molecule has 1 aromatic carbocycles. The van der Waals surface area contributed by atoms with Gasteiger partial charge in [-0.05, 0) is 50.7 Å². The molecule has 0 spiro atoms. The van der Waals surface area contributed by atoms with Gasteiger partial charge in [-0.2, -0.15) is 4.31 Å². The van der Waals surface area contributed by atoms with Crippen molar-refractivity contribution < 1.29 is 17.7 Å². The number of rotatable bonds is 3. The van der Waals surface area contributed by atoms with Crippen molar-refractivity contribution in [3.05, 3.63) is 46.8 Å². The summed E-state index contributed by atoms with van der Waals surface area (Å²) in [6.07, 6.45) is 3.49. The minimum Gasteiger partial charge on any atom is -0.360 e. The molecule has 8 heteroatoms. The summed E-state index contributed by atoms with van der Waals surface area (Å²) in [5.74, 6) is 0.304. The first kappa shape index (κ1) is 20.1. The van der Waals surface area contributed by atoms with Crippen molar-refractivity contribution in [1.29, 1.82) is 0 Å². The fraction of sp³-hybridized carbons (Fsp3) is 0.524. The highest BCUT2D eigenvalue weighted by Gasteiger charge is 2.35. The van der Waals surface area contributed by atoms with Crippen LogP contribution < -0.4 is 0 Å². The molecule has 0 bridgehead atoms. The summed E-state index contributed by atoms with van der Waals surface area (Å²) >= 11 is 0. The number of carbonyl (C=O) groups excluding carboxylic acids is 1. The molecule has 1 aliphatic heterocycles. The predicted octanol–water partition coefficient (Wildman–Crippen LogP) is 2.63. The van der Waals surface area contributed by atoms with E-state index in [0.29, 0.717) is 37.5 Å². The van der Waals surface area contributed by atoms with Gasteiger partial charge in [0.2, 0.25) is 15.9 Å². The van der Waals surface area contributed by atoms with E-state index in [-0.39, 0.29) is 23.3 Å². The SMILES string of the molecule is Cc1noc(C)c1S(=O)(=O)N1CCCN(C(=O)C2CCCc3ccccc32)CC1. The van der Waals surface area contributed by atoms with Gasteiger partial charge >= 0.3 is 0 Å². The molecule has 156 valence electrons. The van der Waals surface area contributed by atoms with Crippen molar-refractivity contribution in [2.24, 2.45) is 0 Å². The molecule has 0 radical (unpaired) electrons. The second kappa shape index (κ2) is 7.91. The van der Waals surface area contributed by atoms with Crippen LogP contribution in [0.2, 0.25) is 0 Å². The number of hydrogen-bond donors (Lipinski definition) is 0. The first-order valence-corrected chi connectivity index (χ1v) is 11.6. The van der Waals surface area contributed by atoms with Crippen molar-refractivity contribution in [2.45, 2.75) is 50.3 Å². The molecule has 0 N–H and O–H groups in total. The Morgan fingerprint density at radius 2 is 1.90 bits per heavy atom. The highest BCUT2D eigenvalue weighted by Crippen LogP contribution is 2.33. The Balaban J connectivity index is 1.51. The lowest BCUT2D eigenvalue weighted by molar-refractivity contribution is -0.133. The van der Waals surface area contributed by atoms with Crippen LogP contribution in [0.5, 0.6) is 0 Å². The van der Waals surface area contributed by atoms with Crippen molar-refractivity contribution in [3.63, 3.8) is 0 Å². The van der Waals surface area contributed by atoms with Crippen LogP contribution in [0.3, 0.4) is 0 Å². The number of carbonyl (C=O) groups is 1. The maximum Gasteiger partial charge on any atom is 0.248 e. The summed E-state index contributed by atoms with van der Waals surface area (Å²) in [5.41, 5.74) is 2.77. The molecule has 0 saturated carbocycles. The van der Waals surface area contributed by atoms with Crippen LogP contribution >= 0.6 is 0 Å². The number of aromatic nitrogens is 1. The molecule has 2 aliphatic rings. The average Bonchev–Trinajstić information content (AvgIpc) is 2.92. The predicted molar refractivity (Wildman–Crippen MR) is 108 cm³/mol. The molecule has 1 atom stereocenters. The van der Waals surface area contributed by atoms with Crippen molar-refractivity contribution in [1.82, 2.24) is 14.4 Å². The Morgan fingerprint density at radius 3 is 2.66 bits per heavy atom. The topological polar surface area (TPSA) is 83.7 Å². The van der Waals surface area contributed by atoms with Gasteiger partial charge in [-0.15, -0.1) is 0 Å². The summed E-state index contributed by atoms with van der Waals surface area (Å²) in [6.45, 7) is 4.90. The monoisotopic (exact) mass is 417 g/mol. The summed E-state index contributed by atoms with van der Waals surface area (Å²) < 4.78 is 32.7. The quantitative estimate of drug-likeness (QED) is 0.767. The first-order chi connectivity index (χ1) is 13.9. The molecular formula is C21H27N3O4S. The van der Waals surface area contributed by atoms with Crippen LogP contribution in [0.15, 0.2) is 33.7 Å². The van der Waals surface area contributed by atoms with E-state index in [0.717, 1.165) is 24.8 Å². The summed E-state index contributed by atoms with van der Waals surface area (Å²) in [6, 6.07) is 8.18. The van der Waals surface area contributed by atoms with Gasteiger partial charge in [0.25, 0.3) is 0 Å².